The van der Waals surface area contributed by atoms with Gasteiger partial charge in [0.15, 0.2) is 0 Å². The highest BCUT2D eigenvalue weighted by molar-refractivity contribution is 4.88. The average molecular weight is 206 g/mol. The highest BCUT2D eigenvalue weighted by Gasteiger charge is 2.20. The lowest BCUT2D eigenvalue weighted by atomic mass is 10.3. The normalized spacial score (nSPS) is 17.7. The molecule has 2 N–H and O–H groups in total. The van der Waals surface area contributed by atoms with Crippen molar-refractivity contribution in [3.63, 3.8) is 0 Å². The van der Waals surface area contributed by atoms with Gasteiger partial charge in [-0.15, -0.1) is 0 Å². The van der Waals surface area contributed by atoms with Gasteiger partial charge >= 0.3 is 0 Å². The van der Waals surface area contributed by atoms with Gasteiger partial charge in [0.2, 0.25) is 0 Å². The Labute approximate surface area is 90.5 Å². The van der Waals surface area contributed by atoms with Gasteiger partial charge in [0.1, 0.15) is 5.82 Å². The molecule has 4 heteroatoms. The monoisotopic (exact) mass is 206 g/mol. The minimum Gasteiger partial charge on any atom is -0.312 e. The summed E-state index contributed by atoms with van der Waals surface area (Å²) in [4.78, 5) is 8.33. The lowest BCUT2D eigenvalue weighted by Gasteiger charge is -2.13. The van der Waals surface area contributed by atoms with Crippen LogP contribution in [-0.4, -0.2) is 28.6 Å². The molecule has 1 aliphatic carbocycles. The molecule has 1 aromatic heterocycles. The summed E-state index contributed by atoms with van der Waals surface area (Å²) in [6.45, 7) is 3.95. The first-order valence-electron chi connectivity index (χ1n) is 5.57. The van der Waals surface area contributed by atoms with E-state index in [0.717, 1.165) is 25.0 Å². The molecule has 0 saturated heterocycles. The van der Waals surface area contributed by atoms with Crippen LogP contribution in [-0.2, 0) is 6.54 Å². The highest BCUT2D eigenvalue weighted by atomic mass is 15.0. The predicted octanol–water partition coefficient (Wildman–Crippen LogP) is 0.707. The fourth-order valence-electron chi connectivity index (χ4n) is 1.39. The van der Waals surface area contributed by atoms with Crippen molar-refractivity contribution in [1.29, 1.82) is 0 Å². The van der Waals surface area contributed by atoms with E-state index in [1.54, 1.807) is 12.4 Å². The van der Waals surface area contributed by atoms with E-state index in [0.29, 0.717) is 6.04 Å². The molecule has 0 amide bonds. The summed E-state index contributed by atoms with van der Waals surface area (Å²) in [5.41, 5.74) is 0. The number of aromatic nitrogens is 2. The Kier molecular flexibility index (Phi) is 3.64. The van der Waals surface area contributed by atoms with Crippen LogP contribution in [0.2, 0.25) is 0 Å². The molecule has 82 valence electrons. The summed E-state index contributed by atoms with van der Waals surface area (Å²) in [6.07, 6.45) is 6.23. The third-order valence-corrected chi connectivity index (χ3v) is 2.52. The van der Waals surface area contributed by atoms with Gasteiger partial charge in [0.05, 0.1) is 6.54 Å². The molecule has 0 aliphatic heterocycles. The standard InChI is InChI=1S/C11H18N4/c1-9(7-15-10-3-4-10)14-8-11-12-5-2-6-13-11/h2,5-6,9-10,14-15H,3-4,7-8H2,1H3. The Balaban J connectivity index is 1.63. The van der Waals surface area contributed by atoms with Gasteiger partial charge < -0.3 is 10.6 Å². The maximum Gasteiger partial charge on any atom is 0.141 e. The number of nitrogens with zero attached hydrogens (tertiary/aromatic N) is 2. The van der Waals surface area contributed by atoms with Gasteiger partial charge in [-0.25, -0.2) is 9.97 Å². The first-order valence-corrected chi connectivity index (χ1v) is 5.57. The van der Waals surface area contributed by atoms with Crippen LogP contribution in [0.25, 0.3) is 0 Å². The van der Waals surface area contributed by atoms with Crippen LogP contribution >= 0.6 is 0 Å². The van der Waals surface area contributed by atoms with Crippen LogP contribution < -0.4 is 10.6 Å². The van der Waals surface area contributed by atoms with Crippen LogP contribution in [0.15, 0.2) is 18.5 Å². The summed E-state index contributed by atoms with van der Waals surface area (Å²) in [7, 11) is 0. The zero-order valence-electron chi connectivity index (χ0n) is 9.11. The van der Waals surface area contributed by atoms with Crippen molar-refractivity contribution in [2.75, 3.05) is 6.54 Å². The van der Waals surface area contributed by atoms with E-state index in [2.05, 4.69) is 27.5 Å². The molecule has 0 aromatic carbocycles. The fraction of sp³-hybridized carbons (Fsp3) is 0.636. The maximum atomic E-state index is 4.16. The predicted molar refractivity (Wildman–Crippen MR) is 59.4 cm³/mol. The largest absolute Gasteiger partial charge is 0.312 e. The zero-order chi connectivity index (χ0) is 10.5. The summed E-state index contributed by atoms with van der Waals surface area (Å²) >= 11 is 0. The van der Waals surface area contributed by atoms with Gasteiger partial charge in [-0.05, 0) is 25.8 Å². The number of nitrogens with one attached hydrogen (secondary N) is 2. The van der Waals surface area contributed by atoms with Gasteiger partial charge in [0.25, 0.3) is 0 Å². The Bertz CT molecular complexity index is 284. The second kappa shape index (κ2) is 5.19. The van der Waals surface area contributed by atoms with Crippen molar-refractivity contribution < 1.29 is 0 Å². The second-order valence-corrected chi connectivity index (χ2v) is 4.13. The molecule has 0 radical (unpaired) electrons. The van der Waals surface area contributed by atoms with E-state index >= 15 is 0 Å². The first kappa shape index (κ1) is 10.5. The molecule has 15 heavy (non-hydrogen) atoms. The molecule has 2 rings (SSSR count). The molecule has 1 saturated carbocycles. The van der Waals surface area contributed by atoms with Gasteiger partial charge in [-0.1, -0.05) is 0 Å². The topological polar surface area (TPSA) is 49.8 Å². The van der Waals surface area contributed by atoms with Crippen LogP contribution in [0.4, 0.5) is 0 Å². The van der Waals surface area contributed by atoms with Crippen molar-refractivity contribution in [2.45, 2.75) is 38.4 Å². The molecular formula is C11H18N4. The van der Waals surface area contributed by atoms with E-state index < -0.39 is 0 Å². The lowest BCUT2D eigenvalue weighted by molar-refractivity contribution is 0.492. The van der Waals surface area contributed by atoms with E-state index in [1.807, 2.05) is 6.07 Å². The van der Waals surface area contributed by atoms with E-state index in [4.69, 9.17) is 0 Å². The SMILES string of the molecule is CC(CNC1CC1)NCc1ncccn1. The fourth-order valence-corrected chi connectivity index (χ4v) is 1.39. The third kappa shape index (κ3) is 3.93. The molecule has 1 aliphatic rings. The molecular weight excluding hydrogens is 188 g/mol. The molecule has 0 bridgehead atoms. The minimum absolute atomic E-state index is 0.467. The summed E-state index contributed by atoms with van der Waals surface area (Å²) < 4.78 is 0. The van der Waals surface area contributed by atoms with Gasteiger partial charge in [0, 0.05) is 31.0 Å². The first-order chi connectivity index (χ1) is 7.34. The van der Waals surface area contributed by atoms with Gasteiger partial charge in [-0.2, -0.15) is 0 Å². The smallest absolute Gasteiger partial charge is 0.141 e. The van der Waals surface area contributed by atoms with E-state index in [1.165, 1.54) is 12.8 Å². The van der Waals surface area contributed by atoms with Crippen molar-refractivity contribution in [3.8, 4) is 0 Å². The Hall–Kier alpha value is -1.00. The molecule has 4 nitrogen and oxygen atoms in total. The number of hydrogen-bond acceptors (Lipinski definition) is 4. The van der Waals surface area contributed by atoms with E-state index in [9.17, 15) is 0 Å². The maximum absolute atomic E-state index is 4.16. The Morgan fingerprint density at radius 3 is 2.80 bits per heavy atom. The van der Waals surface area contributed by atoms with Crippen molar-refractivity contribution >= 4 is 0 Å². The van der Waals surface area contributed by atoms with Crippen LogP contribution in [0, 0.1) is 0 Å². The van der Waals surface area contributed by atoms with Crippen molar-refractivity contribution in [3.05, 3.63) is 24.3 Å². The summed E-state index contributed by atoms with van der Waals surface area (Å²) in [5, 5.41) is 6.88. The molecule has 1 heterocycles. The molecule has 0 spiro atoms. The van der Waals surface area contributed by atoms with Crippen LogP contribution in [0.1, 0.15) is 25.6 Å². The quantitative estimate of drug-likeness (QED) is 0.719. The Morgan fingerprint density at radius 1 is 1.40 bits per heavy atom. The molecule has 1 unspecified atom stereocenters. The molecule has 1 fully saturated rings. The van der Waals surface area contributed by atoms with Crippen LogP contribution in [0.5, 0.6) is 0 Å². The average Bonchev–Trinajstić information content (AvgIpc) is 3.09. The molecule has 1 atom stereocenters. The third-order valence-electron chi connectivity index (χ3n) is 2.52. The summed E-state index contributed by atoms with van der Waals surface area (Å²) in [6, 6.07) is 3.08. The Morgan fingerprint density at radius 2 is 2.13 bits per heavy atom. The number of rotatable bonds is 6. The highest BCUT2D eigenvalue weighted by Crippen LogP contribution is 2.18. The van der Waals surface area contributed by atoms with Crippen molar-refractivity contribution in [2.24, 2.45) is 0 Å². The summed E-state index contributed by atoms with van der Waals surface area (Å²) in [5.74, 6) is 0.857. The van der Waals surface area contributed by atoms with E-state index in [-0.39, 0.29) is 0 Å². The second-order valence-electron chi connectivity index (χ2n) is 4.13. The zero-order valence-corrected chi connectivity index (χ0v) is 9.11. The number of hydrogen-bond donors (Lipinski definition) is 2. The van der Waals surface area contributed by atoms with Crippen molar-refractivity contribution in [1.82, 2.24) is 20.6 Å². The van der Waals surface area contributed by atoms with Gasteiger partial charge in [-0.3, -0.25) is 0 Å². The minimum atomic E-state index is 0.467. The molecule has 1 aromatic rings. The van der Waals surface area contributed by atoms with Crippen LogP contribution in [0.3, 0.4) is 0 Å². The lowest BCUT2D eigenvalue weighted by Crippen LogP contribution is -2.37.